The molecule has 0 radical (unpaired) electrons. The Balaban J connectivity index is 1.72. The molecular formula is C13H22N2O3. The van der Waals surface area contributed by atoms with Crippen molar-refractivity contribution in [1.29, 1.82) is 0 Å². The number of methoxy groups -OCH3 is 1. The van der Waals surface area contributed by atoms with Crippen LogP contribution in [-0.4, -0.2) is 38.1 Å². The van der Waals surface area contributed by atoms with Crippen LogP contribution in [0.15, 0.2) is 0 Å². The SMILES string of the molecule is COC(=O)C(NC(=O)CCC1CCNC1)C1CC1. The van der Waals surface area contributed by atoms with Crippen LogP contribution in [0.4, 0.5) is 0 Å². The highest BCUT2D eigenvalue weighted by Crippen LogP contribution is 2.33. The molecule has 2 atom stereocenters. The normalized spacial score (nSPS) is 24.6. The van der Waals surface area contributed by atoms with Crippen LogP contribution in [-0.2, 0) is 14.3 Å². The number of nitrogens with one attached hydrogen (secondary N) is 2. The van der Waals surface area contributed by atoms with Crippen molar-refractivity contribution in [3.05, 3.63) is 0 Å². The van der Waals surface area contributed by atoms with Gasteiger partial charge >= 0.3 is 5.97 Å². The summed E-state index contributed by atoms with van der Waals surface area (Å²) in [6, 6.07) is -0.427. The minimum Gasteiger partial charge on any atom is -0.467 e. The molecule has 5 heteroatoms. The highest BCUT2D eigenvalue weighted by atomic mass is 16.5. The molecule has 0 aromatic rings. The van der Waals surface area contributed by atoms with Gasteiger partial charge in [-0.15, -0.1) is 0 Å². The molecule has 1 heterocycles. The van der Waals surface area contributed by atoms with Gasteiger partial charge in [-0.25, -0.2) is 4.79 Å². The zero-order chi connectivity index (χ0) is 13.0. The van der Waals surface area contributed by atoms with Crippen molar-refractivity contribution in [3.8, 4) is 0 Å². The van der Waals surface area contributed by atoms with Crippen molar-refractivity contribution < 1.29 is 14.3 Å². The molecule has 2 aliphatic rings. The average molecular weight is 254 g/mol. The van der Waals surface area contributed by atoms with E-state index in [-0.39, 0.29) is 17.8 Å². The van der Waals surface area contributed by atoms with E-state index >= 15 is 0 Å². The summed E-state index contributed by atoms with van der Waals surface area (Å²) < 4.78 is 4.73. The van der Waals surface area contributed by atoms with Crippen LogP contribution >= 0.6 is 0 Å². The minimum atomic E-state index is -0.427. The summed E-state index contributed by atoms with van der Waals surface area (Å²) in [6.07, 6.45) is 4.57. The Labute approximate surface area is 108 Å². The molecule has 102 valence electrons. The van der Waals surface area contributed by atoms with Gasteiger partial charge in [0, 0.05) is 6.42 Å². The summed E-state index contributed by atoms with van der Waals surface area (Å²) in [5, 5.41) is 6.11. The average Bonchev–Trinajstić information content (AvgIpc) is 3.08. The van der Waals surface area contributed by atoms with E-state index in [0.717, 1.165) is 38.8 Å². The second-order valence-electron chi connectivity index (χ2n) is 5.30. The predicted octanol–water partition coefficient (Wildman–Crippen LogP) is 0.444. The Morgan fingerprint density at radius 2 is 2.17 bits per heavy atom. The van der Waals surface area contributed by atoms with Crippen LogP contribution in [0.1, 0.15) is 32.1 Å². The Kier molecular flexibility index (Phi) is 4.58. The molecule has 2 N–H and O–H groups in total. The van der Waals surface area contributed by atoms with Crippen LogP contribution in [0.25, 0.3) is 0 Å². The molecule has 1 saturated heterocycles. The molecule has 1 saturated carbocycles. The van der Waals surface area contributed by atoms with Gasteiger partial charge in [-0.05, 0) is 50.6 Å². The van der Waals surface area contributed by atoms with Crippen LogP contribution in [0.5, 0.6) is 0 Å². The highest BCUT2D eigenvalue weighted by molar-refractivity contribution is 5.84. The van der Waals surface area contributed by atoms with Crippen LogP contribution in [0, 0.1) is 11.8 Å². The van der Waals surface area contributed by atoms with Gasteiger partial charge in [0.2, 0.25) is 5.91 Å². The van der Waals surface area contributed by atoms with E-state index in [4.69, 9.17) is 4.74 Å². The molecule has 0 aromatic heterocycles. The minimum absolute atomic E-state index is 0.0239. The molecular weight excluding hydrogens is 232 g/mol. The van der Waals surface area contributed by atoms with Crippen LogP contribution < -0.4 is 10.6 Å². The van der Waals surface area contributed by atoms with E-state index in [1.807, 2.05) is 0 Å². The first-order valence-electron chi connectivity index (χ1n) is 6.78. The number of carbonyl (C=O) groups excluding carboxylic acids is 2. The van der Waals surface area contributed by atoms with E-state index in [1.165, 1.54) is 7.11 Å². The second-order valence-corrected chi connectivity index (χ2v) is 5.30. The molecule has 0 spiro atoms. The van der Waals surface area contributed by atoms with Crippen LogP contribution in [0.2, 0.25) is 0 Å². The van der Waals surface area contributed by atoms with Gasteiger partial charge in [0.25, 0.3) is 0 Å². The Morgan fingerprint density at radius 1 is 1.39 bits per heavy atom. The highest BCUT2D eigenvalue weighted by Gasteiger charge is 2.37. The Morgan fingerprint density at radius 3 is 2.72 bits per heavy atom. The van der Waals surface area contributed by atoms with E-state index in [2.05, 4.69) is 10.6 Å². The van der Waals surface area contributed by atoms with Gasteiger partial charge in [0.1, 0.15) is 6.04 Å². The molecule has 18 heavy (non-hydrogen) atoms. The van der Waals surface area contributed by atoms with Gasteiger partial charge in [-0.1, -0.05) is 0 Å². The van der Waals surface area contributed by atoms with Gasteiger partial charge in [0.15, 0.2) is 0 Å². The summed E-state index contributed by atoms with van der Waals surface area (Å²) in [5.41, 5.74) is 0. The van der Waals surface area contributed by atoms with Crippen molar-refractivity contribution in [2.24, 2.45) is 11.8 Å². The van der Waals surface area contributed by atoms with Crippen molar-refractivity contribution in [2.45, 2.75) is 38.1 Å². The van der Waals surface area contributed by atoms with Crippen molar-refractivity contribution in [3.63, 3.8) is 0 Å². The first kappa shape index (κ1) is 13.3. The lowest BCUT2D eigenvalue weighted by atomic mass is 10.0. The monoisotopic (exact) mass is 254 g/mol. The first-order chi connectivity index (χ1) is 8.70. The molecule has 0 bridgehead atoms. The number of carbonyl (C=O) groups is 2. The summed E-state index contributed by atoms with van der Waals surface area (Å²) in [4.78, 5) is 23.4. The molecule has 2 fully saturated rings. The lowest BCUT2D eigenvalue weighted by Gasteiger charge is -2.16. The lowest BCUT2D eigenvalue weighted by molar-refractivity contribution is -0.145. The molecule has 1 aliphatic heterocycles. The predicted molar refractivity (Wildman–Crippen MR) is 66.9 cm³/mol. The summed E-state index contributed by atoms with van der Waals surface area (Å²) >= 11 is 0. The quantitative estimate of drug-likeness (QED) is 0.675. The molecule has 1 aliphatic carbocycles. The number of hydrogen-bond acceptors (Lipinski definition) is 4. The maximum atomic E-state index is 11.8. The molecule has 2 rings (SSSR count). The maximum Gasteiger partial charge on any atom is 0.328 e. The summed E-state index contributed by atoms with van der Waals surface area (Å²) in [7, 11) is 1.37. The van der Waals surface area contributed by atoms with Crippen LogP contribution in [0.3, 0.4) is 0 Å². The van der Waals surface area contributed by atoms with E-state index in [0.29, 0.717) is 12.3 Å². The Hall–Kier alpha value is -1.10. The third kappa shape index (κ3) is 3.70. The number of rotatable bonds is 6. The molecule has 5 nitrogen and oxygen atoms in total. The third-order valence-electron chi connectivity index (χ3n) is 3.81. The zero-order valence-electron chi connectivity index (χ0n) is 10.9. The second kappa shape index (κ2) is 6.18. The van der Waals surface area contributed by atoms with Crippen molar-refractivity contribution in [1.82, 2.24) is 10.6 Å². The van der Waals surface area contributed by atoms with Gasteiger partial charge in [0.05, 0.1) is 7.11 Å². The molecule has 1 amide bonds. The first-order valence-corrected chi connectivity index (χ1v) is 6.78. The van der Waals surface area contributed by atoms with E-state index in [1.54, 1.807) is 0 Å². The van der Waals surface area contributed by atoms with Gasteiger partial charge < -0.3 is 15.4 Å². The fraction of sp³-hybridized carbons (Fsp3) is 0.846. The number of amides is 1. The fourth-order valence-corrected chi connectivity index (χ4v) is 2.47. The lowest BCUT2D eigenvalue weighted by Crippen LogP contribution is -2.43. The standard InChI is InChI=1S/C13H22N2O3/c1-18-13(17)12(10-3-4-10)15-11(16)5-2-9-6-7-14-8-9/h9-10,12,14H,2-8H2,1H3,(H,15,16). The van der Waals surface area contributed by atoms with E-state index in [9.17, 15) is 9.59 Å². The molecule has 0 aromatic carbocycles. The van der Waals surface area contributed by atoms with Crippen molar-refractivity contribution in [2.75, 3.05) is 20.2 Å². The van der Waals surface area contributed by atoms with E-state index < -0.39 is 6.04 Å². The van der Waals surface area contributed by atoms with Gasteiger partial charge in [-0.3, -0.25) is 4.79 Å². The smallest absolute Gasteiger partial charge is 0.328 e. The zero-order valence-corrected chi connectivity index (χ0v) is 10.9. The third-order valence-corrected chi connectivity index (χ3v) is 3.81. The topological polar surface area (TPSA) is 67.4 Å². The van der Waals surface area contributed by atoms with Gasteiger partial charge in [-0.2, -0.15) is 0 Å². The Bertz CT molecular complexity index is 309. The number of hydrogen-bond donors (Lipinski definition) is 2. The largest absolute Gasteiger partial charge is 0.467 e. The van der Waals surface area contributed by atoms with Crippen molar-refractivity contribution >= 4 is 11.9 Å². The fourth-order valence-electron chi connectivity index (χ4n) is 2.47. The maximum absolute atomic E-state index is 11.8. The number of ether oxygens (including phenoxy) is 1. The summed E-state index contributed by atoms with van der Waals surface area (Å²) in [6.45, 7) is 2.06. The molecule has 2 unspecified atom stereocenters. The number of esters is 1. The summed E-state index contributed by atoms with van der Waals surface area (Å²) in [5.74, 6) is 0.556.